The Morgan fingerprint density at radius 2 is 0.647 bits per heavy atom. The summed E-state index contributed by atoms with van der Waals surface area (Å²) < 4.78 is 10.3. The molecule has 0 aliphatic carbocycles. The van der Waals surface area contributed by atoms with Gasteiger partial charge >= 0.3 is 0 Å². The molecule has 0 fully saturated rings. The molecule has 0 spiro atoms. The summed E-state index contributed by atoms with van der Waals surface area (Å²) in [4.78, 5) is 17.0. The normalized spacial score (nSPS) is 11.3. The molecule has 6 N–H and O–H groups in total. The van der Waals surface area contributed by atoms with Crippen LogP contribution in [0.2, 0.25) is 0 Å². The number of rotatable bonds is 20. The predicted molar refractivity (Wildman–Crippen MR) is 127 cm³/mol. The summed E-state index contributed by atoms with van der Waals surface area (Å²) in [5.74, 6) is 0. The van der Waals surface area contributed by atoms with Crippen LogP contribution in [0.4, 0.5) is 0 Å². The SMILES string of the molecule is CC[N+](CCCO)(CCCO)CCCO.CC[N+](CCCO)(CCCO)CCCO.O=[Si]([O-])[O-]. The van der Waals surface area contributed by atoms with Gasteiger partial charge in [0.25, 0.3) is 0 Å². The van der Waals surface area contributed by atoms with Crippen LogP contribution < -0.4 is 9.59 Å². The largest absolute Gasteiger partial charge is 0.672 e. The Labute approximate surface area is 207 Å². The zero-order chi connectivity index (χ0) is 26.7. The minimum atomic E-state index is -3.63. The standard InChI is InChI=1S/2C11H26NO3.O3Si/c2*1-2-12(6-3-9-13,7-4-10-14)8-5-11-15;1-4(2)3/h2*13-15H,2-11H2,1H3;/q2*+1;-2. The van der Waals surface area contributed by atoms with Crippen molar-refractivity contribution in [1.82, 2.24) is 0 Å². The highest BCUT2D eigenvalue weighted by Gasteiger charge is 2.24. The highest BCUT2D eigenvalue weighted by Crippen LogP contribution is 2.12. The van der Waals surface area contributed by atoms with Crippen molar-refractivity contribution >= 4 is 9.17 Å². The molecule has 0 atom stereocenters. The van der Waals surface area contributed by atoms with Crippen molar-refractivity contribution in [2.24, 2.45) is 0 Å². The molecule has 0 unspecified atom stereocenters. The van der Waals surface area contributed by atoms with E-state index in [2.05, 4.69) is 13.8 Å². The van der Waals surface area contributed by atoms with E-state index in [0.717, 1.165) is 99.8 Å². The second-order valence-electron chi connectivity index (χ2n) is 8.37. The number of aliphatic hydroxyl groups excluding tert-OH is 6. The lowest BCUT2D eigenvalue weighted by Gasteiger charge is -2.37. The van der Waals surface area contributed by atoms with Crippen LogP contribution in [0.1, 0.15) is 52.4 Å². The first-order valence-corrected chi connectivity index (χ1v) is 13.7. The Morgan fingerprint density at radius 3 is 0.735 bits per heavy atom. The van der Waals surface area contributed by atoms with Crippen LogP contribution in [0, 0.1) is 0 Å². The predicted octanol–water partition coefficient (Wildman–Crippen LogP) is -2.94. The summed E-state index contributed by atoms with van der Waals surface area (Å²) in [6, 6.07) is 0. The number of hydrogen-bond acceptors (Lipinski definition) is 9. The zero-order valence-corrected chi connectivity index (χ0v) is 22.4. The molecule has 0 rings (SSSR count). The fraction of sp³-hybridized carbons (Fsp3) is 1.00. The fourth-order valence-electron chi connectivity index (χ4n) is 4.06. The van der Waals surface area contributed by atoms with Crippen molar-refractivity contribution < 1.29 is 53.7 Å². The molecule has 0 aromatic rings. The van der Waals surface area contributed by atoms with Crippen LogP contribution in [0.5, 0.6) is 0 Å². The van der Waals surface area contributed by atoms with Crippen molar-refractivity contribution in [1.29, 1.82) is 0 Å². The van der Waals surface area contributed by atoms with Gasteiger partial charge in [-0.05, 0) is 13.8 Å². The van der Waals surface area contributed by atoms with Gasteiger partial charge in [-0.25, -0.2) is 0 Å². The third-order valence-corrected chi connectivity index (χ3v) is 6.09. The van der Waals surface area contributed by atoms with Gasteiger partial charge in [0.05, 0.1) is 52.4 Å². The van der Waals surface area contributed by atoms with Crippen molar-refractivity contribution in [3.8, 4) is 0 Å². The van der Waals surface area contributed by atoms with Crippen molar-refractivity contribution in [2.45, 2.75) is 52.4 Å². The van der Waals surface area contributed by atoms with Crippen molar-refractivity contribution in [2.75, 3.05) is 92.0 Å². The molecule has 208 valence electrons. The minimum absolute atomic E-state index is 0.220. The van der Waals surface area contributed by atoms with Crippen LogP contribution in [0.15, 0.2) is 0 Å². The van der Waals surface area contributed by atoms with E-state index in [1.807, 2.05) is 0 Å². The van der Waals surface area contributed by atoms with Crippen LogP contribution >= 0.6 is 0 Å². The van der Waals surface area contributed by atoms with Gasteiger partial charge in [-0.15, -0.1) is 0 Å². The third-order valence-electron chi connectivity index (χ3n) is 6.09. The first-order valence-electron chi connectivity index (χ1n) is 12.5. The Balaban J connectivity index is -0.000000488. The maximum absolute atomic E-state index is 8.87. The van der Waals surface area contributed by atoms with Crippen LogP contribution in [0.25, 0.3) is 0 Å². The fourth-order valence-corrected chi connectivity index (χ4v) is 4.06. The van der Waals surface area contributed by atoms with Crippen LogP contribution in [-0.4, -0.2) is 141 Å². The number of nitrogens with zero attached hydrogens (tertiary/aromatic N) is 2. The topological polar surface area (TPSA) is 185 Å². The molecule has 0 aromatic carbocycles. The molecule has 11 nitrogen and oxygen atoms in total. The monoisotopic (exact) mass is 516 g/mol. The zero-order valence-electron chi connectivity index (χ0n) is 21.4. The molecule has 0 bridgehead atoms. The van der Waals surface area contributed by atoms with E-state index >= 15 is 0 Å². The summed E-state index contributed by atoms with van der Waals surface area (Å²) in [5, 5.41) is 53.2. The van der Waals surface area contributed by atoms with Gasteiger partial charge in [-0.3, -0.25) is 0 Å². The molecule has 0 saturated heterocycles. The average molecular weight is 517 g/mol. The van der Waals surface area contributed by atoms with Gasteiger partial charge in [0.2, 0.25) is 0 Å². The molecule has 0 saturated carbocycles. The maximum atomic E-state index is 8.87. The Morgan fingerprint density at radius 1 is 0.500 bits per heavy atom. The molecule has 0 radical (unpaired) electrons. The lowest BCUT2D eigenvalue weighted by atomic mass is 10.2. The van der Waals surface area contributed by atoms with E-state index < -0.39 is 9.17 Å². The van der Waals surface area contributed by atoms with E-state index in [9.17, 15) is 0 Å². The molecule has 0 aliphatic heterocycles. The van der Waals surface area contributed by atoms with E-state index in [1.54, 1.807) is 0 Å². The molecule has 34 heavy (non-hydrogen) atoms. The number of aliphatic hydroxyl groups is 6. The Hall–Kier alpha value is -0.703. The molecule has 0 amide bonds. The maximum Gasteiger partial charge on any atom is 0.0808 e. The summed E-state index contributed by atoms with van der Waals surface area (Å²) in [6.07, 6.45) is 4.78. The van der Waals surface area contributed by atoms with Crippen LogP contribution in [0.3, 0.4) is 0 Å². The smallest absolute Gasteiger partial charge is 0.0808 e. The van der Waals surface area contributed by atoms with E-state index in [4.69, 9.17) is 44.7 Å². The Bertz CT molecular complexity index is 356. The summed E-state index contributed by atoms with van der Waals surface area (Å²) in [5.41, 5.74) is 0. The minimum Gasteiger partial charge on any atom is -0.672 e. The van der Waals surface area contributed by atoms with E-state index in [1.165, 1.54) is 0 Å². The van der Waals surface area contributed by atoms with E-state index in [-0.39, 0.29) is 39.6 Å². The molecular weight excluding hydrogens is 464 g/mol. The lowest BCUT2D eigenvalue weighted by Crippen LogP contribution is -2.50. The van der Waals surface area contributed by atoms with Gasteiger partial charge in [-0.2, -0.15) is 0 Å². The molecule has 0 heterocycles. The summed E-state index contributed by atoms with van der Waals surface area (Å²) >= 11 is 0. The second kappa shape index (κ2) is 26.9. The summed E-state index contributed by atoms with van der Waals surface area (Å²) in [6.45, 7) is 13.2. The first-order chi connectivity index (χ1) is 16.2. The highest BCUT2D eigenvalue weighted by molar-refractivity contribution is 6.17. The lowest BCUT2D eigenvalue weighted by molar-refractivity contribution is -0.927. The van der Waals surface area contributed by atoms with Crippen LogP contribution in [-0.2, 0) is 4.46 Å². The Kier molecular flexibility index (Phi) is 29.9. The van der Waals surface area contributed by atoms with Gasteiger partial charge in [-0.1, -0.05) is 0 Å². The van der Waals surface area contributed by atoms with Gasteiger partial charge in [0.1, 0.15) is 0 Å². The third kappa shape index (κ3) is 23.1. The number of hydrogen-bond donors (Lipinski definition) is 6. The van der Waals surface area contributed by atoms with E-state index in [0.29, 0.717) is 0 Å². The average Bonchev–Trinajstić information content (AvgIpc) is 2.84. The highest BCUT2D eigenvalue weighted by atomic mass is 28.3. The first kappa shape index (κ1) is 37.8. The molecule has 12 heteroatoms. The van der Waals surface area contributed by atoms with Gasteiger partial charge < -0.3 is 53.7 Å². The van der Waals surface area contributed by atoms with Crippen molar-refractivity contribution in [3.05, 3.63) is 0 Å². The number of quaternary nitrogens is 2. The molecular formula is C22H52N2O9Si. The van der Waals surface area contributed by atoms with Gasteiger partial charge in [0, 0.05) is 87.3 Å². The molecule has 0 aromatic heterocycles. The molecule has 0 aliphatic rings. The second-order valence-corrected chi connectivity index (χ2v) is 8.87. The quantitative estimate of drug-likeness (QED) is 0.0727. The van der Waals surface area contributed by atoms with Gasteiger partial charge in [0.15, 0.2) is 0 Å². The summed E-state index contributed by atoms with van der Waals surface area (Å²) in [7, 11) is -3.63. The van der Waals surface area contributed by atoms with Crippen molar-refractivity contribution in [3.63, 3.8) is 0 Å².